The van der Waals surface area contributed by atoms with Crippen LogP contribution in [0.1, 0.15) is 48.4 Å². The summed E-state index contributed by atoms with van der Waals surface area (Å²) < 4.78 is 10.3. The van der Waals surface area contributed by atoms with Crippen LogP contribution in [0.25, 0.3) is 11.1 Å². The van der Waals surface area contributed by atoms with Gasteiger partial charge in [-0.2, -0.15) is 0 Å². The molecule has 0 bridgehead atoms. The van der Waals surface area contributed by atoms with Gasteiger partial charge >= 0.3 is 12.1 Å². The first-order valence-corrected chi connectivity index (χ1v) is 12.0. The van der Waals surface area contributed by atoms with Gasteiger partial charge in [-0.1, -0.05) is 48.0 Å². The van der Waals surface area contributed by atoms with Gasteiger partial charge in [0.1, 0.15) is 5.60 Å². The van der Waals surface area contributed by atoms with Crippen LogP contribution in [0.2, 0.25) is 5.02 Å². The number of benzene rings is 2. The van der Waals surface area contributed by atoms with Gasteiger partial charge in [0, 0.05) is 24.5 Å². The summed E-state index contributed by atoms with van der Waals surface area (Å²) in [5.41, 5.74) is 3.36. The number of pyridine rings is 1. The number of aromatic nitrogens is 1. The number of carbonyl (C=O) groups excluding carboxylic acids is 2. The average molecular weight is 511 g/mol. The maximum atomic E-state index is 12.9. The van der Waals surface area contributed by atoms with Gasteiger partial charge in [0.15, 0.2) is 0 Å². The maximum absolute atomic E-state index is 12.9. The lowest BCUT2D eigenvalue weighted by atomic mass is 10.0. The number of hydrogen-bond donors (Lipinski definition) is 1. The topological polar surface area (TPSA) is 89.0 Å². The molecule has 1 aromatic heterocycles. The van der Waals surface area contributed by atoms with Crippen LogP contribution in [0, 0.1) is 0 Å². The number of amides is 1. The van der Waals surface area contributed by atoms with Gasteiger partial charge in [0.25, 0.3) is 0 Å². The van der Waals surface area contributed by atoms with Crippen LogP contribution in [0.5, 0.6) is 0 Å². The number of carbonyl (C=O) groups is 2. The number of hydrogen-bond acceptors (Lipinski definition) is 6. The van der Waals surface area contributed by atoms with E-state index in [2.05, 4.69) is 4.98 Å². The van der Waals surface area contributed by atoms with Gasteiger partial charge in [-0.05, 0) is 62.1 Å². The highest BCUT2D eigenvalue weighted by Gasteiger charge is 2.25. The van der Waals surface area contributed by atoms with Crippen molar-refractivity contribution in [2.45, 2.75) is 38.9 Å². The highest BCUT2D eigenvalue weighted by atomic mass is 35.5. The van der Waals surface area contributed by atoms with E-state index in [1.165, 1.54) is 24.4 Å². The third kappa shape index (κ3) is 7.80. The van der Waals surface area contributed by atoms with Gasteiger partial charge in [-0.15, -0.1) is 0 Å². The minimum absolute atomic E-state index is 0.0432. The Labute approximate surface area is 216 Å². The Balaban J connectivity index is 1.69. The molecule has 0 saturated heterocycles. The quantitative estimate of drug-likeness (QED) is 0.391. The average Bonchev–Trinajstić information content (AvgIpc) is 2.85. The predicted molar refractivity (Wildman–Crippen MR) is 139 cm³/mol. The molecule has 190 valence electrons. The third-order valence-electron chi connectivity index (χ3n) is 5.42. The summed E-state index contributed by atoms with van der Waals surface area (Å²) in [7, 11) is 1.36. The Kier molecular flexibility index (Phi) is 9.07. The molecule has 0 aliphatic rings. The standard InChI is InChI=1S/C28H31ClN2O5/c1-28(2,3)36-27(34)31(18-25(32)23-15-24(29)17-30-16-23)14-13-19-5-7-20(8-6-19)21-9-11-22(12-10-21)26(33)35-4/h5-12,15-17,25,32H,13-14,18H2,1-4H3/t25-/m0/s1. The number of rotatable bonds is 8. The molecule has 1 atom stereocenters. The molecular formula is C28H31ClN2O5. The number of nitrogens with zero attached hydrogens (tertiary/aromatic N) is 2. The Bertz CT molecular complexity index is 1170. The molecule has 0 unspecified atom stereocenters. The van der Waals surface area contributed by atoms with Crippen molar-refractivity contribution < 1.29 is 24.2 Å². The summed E-state index contributed by atoms with van der Waals surface area (Å²) in [6.45, 7) is 5.80. The van der Waals surface area contributed by atoms with Crippen molar-refractivity contribution in [1.29, 1.82) is 0 Å². The molecule has 1 heterocycles. The molecule has 0 radical (unpaired) electrons. The zero-order valence-electron chi connectivity index (χ0n) is 20.9. The van der Waals surface area contributed by atoms with E-state index in [-0.39, 0.29) is 12.5 Å². The molecular weight excluding hydrogens is 480 g/mol. The summed E-state index contributed by atoms with van der Waals surface area (Å²) >= 11 is 6.00. The smallest absolute Gasteiger partial charge is 0.410 e. The van der Waals surface area contributed by atoms with Gasteiger partial charge in [-0.3, -0.25) is 4.98 Å². The minimum atomic E-state index is -0.959. The van der Waals surface area contributed by atoms with Crippen molar-refractivity contribution in [2.75, 3.05) is 20.2 Å². The highest BCUT2D eigenvalue weighted by Crippen LogP contribution is 2.22. The van der Waals surface area contributed by atoms with Crippen molar-refractivity contribution >= 4 is 23.7 Å². The second-order valence-electron chi connectivity index (χ2n) is 9.39. The van der Waals surface area contributed by atoms with Crippen LogP contribution in [0.15, 0.2) is 67.0 Å². The maximum Gasteiger partial charge on any atom is 0.410 e. The monoisotopic (exact) mass is 510 g/mol. The van der Waals surface area contributed by atoms with Crippen molar-refractivity contribution in [3.8, 4) is 11.1 Å². The minimum Gasteiger partial charge on any atom is -0.465 e. The van der Waals surface area contributed by atoms with Gasteiger partial charge in [0.2, 0.25) is 0 Å². The number of aliphatic hydroxyl groups excluding tert-OH is 1. The van der Waals surface area contributed by atoms with Crippen LogP contribution in [-0.4, -0.2) is 52.9 Å². The molecule has 0 fully saturated rings. The number of ether oxygens (including phenoxy) is 2. The van der Waals surface area contributed by atoms with E-state index in [4.69, 9.17) is 21.1 Å². The van der Waals surface area contributed by atoms with E-state index < -0.39 is 17.8 Å². The number of methoxy groups -OCH3 is 1. The molecule has 36 heavy (non-hydrogen) atoms. The van der Waals surface area contributed by atoms with Crippen LogP contribution < -0.4 is 0 Å². The first kappa shape index (κ1) is 27.2. The molecule has 3 rings (SSSR count). The normalized spacial score (nSPS) is 12.1. The fourth-order valence-electron chi connectivity index (χ4n) is 3.55. The largest absolute Gasteiger partial charge is 0.465 e. The molecule has 1 N–H and O–H groups in total. The Morgan fingerprint density at radius 3 is 2.19 bits per heavy atom. The summed E-state index contributed by atoms with van der Waals surface area (Å²) in [5.74, 6) is -0.372. The van der Waals surface area contributed by atoms with E-state index >= 15 is 0 Å². The van der Waals surface area contributed by atoms with Crippen molar-refractivity contribution in [3.05, 3.63) is 88.7 Å². The van der Waals surface area contributed by atoms with Crippen LogP contribution >= 0.6 is 11.6 Å². The second kappa shape index (κ2) is 12.0. The van der Waals surface area contributed by atoms with Crippen molar-refractivity contribution in [3.63, 3.8) is 0 Å². The number of aliphatic hydroxyl groups is 1. The Morgan fingerprint density at radius 2 is 1.64 bits per heavy atom. The van der Waals surface area contributed by atoms with Crippen LogP contribution in [0.3, 0.4) is 0 Å². The zero-order valence-corrected chi connectivity index (χ0v) is 21.7. The van der Waals surface area contributed by atoms with Crippen LogP contribution in [-0.2, 0) is 15.9 Å². The molecule has 0 aliphatic carbocycles. The Morgan fingerprint density at radius 1 is 1.03 bits per heavy atom. The van der Waals surface area contributed by atoms with E-state index in [1.54, 1.807) is 39.0 Å². The van der Waals surface area contributed by atoms with Gasteiger partial charge < -0.3 is 19.5 Å². The molecule has 1 amide bonds. The SMILES string of the molecule is COC(=O)c1ccc(-c2ccc(CCN(C[C@H](O)c3cncc(Cl)c3)C(=O)OC(C)(C)C)cc2)cc1. The van der Waals surface area contributed by atoms with E-state index in [0.717, 1.165) is 16.7 Å². The van der Waals surface area contributed by atoms with Crippen molar-refractivity contribution in [1.82, 2.24) is 9.88 Å². The fraction of sp³-hybridized carbons (Fsp3) is 0.321. The molecule has 7 nitrogen and oxygen atoms in total. The lowest BCUT2D eigenvalue weighted by molar-refractivity contribution is 0.0146. The molecule has 0 aliphatic heterocycles. The van der Waals surface area contributed by atoms with Crippen molar-refractivity contribution in [2.24, 2.45) is 0 Å². The fourth-order valence-corrected chi connectivity index (χ4v) is 3.74. The summed E-state index contributed by atoms with van der Waals surface area (Å²) in [5, 5.41) is 11.1. The van der Waals surface area contributed by atoms with E-state index in [9.17, 15) is 14.7 Å². The summed E-state index contributed by atoms with van der Waals surface area (Å²) in [6, 6.07) is 16.8. The van der Waals surface area contributed by atoms with E-state index in [0.29, 0.717) is 29.1 Å². The number of esters is 1. The highest BCUT2D eigenvalue weighted by molar-refractivity contribution is 6.30. The first-order chi connectivity index (χ1) is 17.1. The molecule has 2 aromatic carbocycles. The lowest BCUT2D eigenvalue weighted by Gasteiger charge is -2.29. The van der Waals surface area contributed by atoms with Crippen LogP contribution in [0.4, 0.5) is 4.79 Å². The van der Waals surface area contributed by atoms with E-state index in [1.807, 2.05) is 36.4 Å². The molecule has 0 saturated carbocycles. The molecule has 0 spiro atoms. The van der Waals surface area contributed by atoms with Gasteiger partial charge in [-0.25, -0.2) is 9.59 Å². The second-order valence-corrected chi connectivity index (χ2v) is 9.83. The lowest BCUT2D eigenvalue weighted by Crippen LogP contribution is -2.40. The molecule has 3 aromatic rings. The van der Waals surface area contributed by atoms with Gasteiger partial charge in [0.05, 0.1) is 30.3 Å². The molecule has 8 heteroatoms. The number of halogens is 1. The summed E-state index contributed by atoms with van der Waals surface area (Å²) in [6.07, 6.45) is 2.13. The predicted octanol–water partition coefficient (Wildman–Crippen LogP) is 5.70. The summed E-state index contributed by atoms with van der Waals surface area (Å²) in [4.78, 5) is 30.0. The first-order valence-electron chi connectivity index (χ1n) is 11.6. The third-order valence-corrected chi connectivity index (χ3v) is 5.63. The zero-order chi connectivity index (χ0) is 26.3. The Hall–Kier alpha value is -3.42.